The number of aliphatic hydroxyl groups is 1. The van der Waals surface area contributed by atoms with Crippen LogP contribution in [0.3, 0.4) is 0 Å². The van der Waals surface area contributed by atoms with Crippen molar-refractivity contribution in [2.45, 2.75) is 65.0 Å². The minimum atomic E-state index is -0.572. The Morgan fingerprint density at radius 3 is 2.47 bits per heavy atom. The largest absolute Gasteiger partial charge is 0.389 e. The first-order valence-electron chi connectivity index (χ1n) is 6.39. The Labute approximate surface area is 94.5 Å². The van der Waals surface area contributed by atoms with Gasteiger partial charge in [0.1, 0.15) is 0 Å². The van der Waals surface area contributed by atoms with Crippen molar-refractivity contribution in [3.05, 3.63) is 0 Å². The smallest absolute Gasteiger partial charge is 0.0766 e. The summed E-state index contributed by atoms with van der Waals surface area (Å²) in [6.07, 6.45) is 5.32. The van der Waals surface area contributed by atoms with E-state index in [1.54, 1.807) is 0 Å². The molecule has 0 amide bonds. The number of hydrogen-bond donors (Lipinski definition) is 2. The lowest BCUT2D eigenvalue weighted by molar-refractivity contribution is 0.00893. The fourth-order valence-electron chi connectivity index (χ4n) is 2.16. The topological polar surface area (TPSA) is 32.3 Å². The van der Waals surface area contributed by atoms with Crippen LogP contribution in [0, 0.1) is 11.8 Å². The summed E-state index contributed by atoms with van der Waals surface area (Å²) >= 11 is 0. The van der Waals surface area contributed by atoms with Crippen LogP contribution in [0.25, 0.3) is 0 Å². The Morgan fingerprint density at radius 1 is 1.33 bits per heavy atom. The van der Waals surface area contributed by atoms with E-state index in [1.807, 2.05) is 6.92 Å². The summed E-state index contributed by atoms with van der Waals surface area (Å²) in [6.45, 7) is 9.12. The Bertz CT molecular complexity index is 189. The van der Waals surface area contributed by atoms with E-state index in [9.17, 15) is 5.11 Å². The summed E-state index contributed by atoms with van der Waals surface area (Å²) in [7, 11) is 0. The predicted molar refractivity (Wildman–Crippen MR) is 64.9 cm³/mol. The van der Waals surface area contributed by atoms with Crippen LogP contribution in [0.4, 0.5) is 0 Å². The predicted octanol–water partition coefficient (Wildman–Crippen LogP) is 2.56. The van der Waals surface area contributed by atoms with E-state index in [0.717, 1.165) is 12.5 Å². The van der Waals surface area contributed by atoms with Gasteiger partial charge in [0.25, 0.3) is 0 Å². The van der Waals surface area contributed by atoms with E-state index >= 15 is 0 Å². The average molecular weight is 213 g/mol. The van der Waals surface area contributed by atoms with E-state index < -0.39 is 5.60 Å². The summed E-state index contributed by atoms with van der Waals surface area (Å²) in [5.41, 5.74) is -0.572. The Balaban J connectivity index is 2.35. The van der Waals surface area contributed by atoms with Crippen molar-refractivity contribution in [3.8, 4) is 0 Å². The molecule has 1 fully saturated rings. The van der Waals surface area contributed by atoms with Crippen molar-refractivity contribution in [1.82, 2.24) is 5.32 Å². The van der Waals surface area contributed by atoms with E-state index in [0.29, 0.717) is 12.0 Å². The molecule has 1 rings (SSSR count). The number of nitrogens with one attached hydrogen (secondary N) is 1. The fourth-order valence-corrected chi connectivity index (χ4v) is 2.16. The van der Waals surface area contributed by atoms with Crippen LogP contribution in [0.2, 0.25) is 0 Å². The van der Waals surface area contributed by atoms with Gasteiger partial charge in [0, 0.05) is 12.6 Å². The molecule has 3 atom stereocenters. The lowest BCUT2D eigenvalue weighted by atomic mass is 9.85. The van der Waals surface area contributed by atoms with E-state index in [-0.39, 0.29) is 0 Å². The molecule has 2 heteroatoms. The highest BCUT2D eigenvalue weighted by Crippen LogP contribution is 2.24. The highest BCUT2D eigenvalue weighted by atomic mass is 16.3. The Hall–Kier alpha value is -0.0800. The van der Waals surface area contributed by atoms with Crippen molar-refractivity contribution >= 4 is 0 Å². The minimum Gasteiger partial charge on any atom is -0.389 e. The molecule has 15 heavy (non-hydrogen) atoms. The zero-order valence-electron chi connectivity index (χ0n) is 10.7. The molecule has 0 aromatic rings. The third-order valence-electron chi connectivity index (χ3n) is 4.08. The van der Waals surface area contributed by atoms with Gasteiger partial charge in [0.05, 0.1) is 5.60 Å². The molecule has 1 aliphatic rings. The Kier molecular flexibility index (Phi) is 4.60. The summed E-state index contributed by atoms with van der Waals surface area (Å²) in [5, 5.41) is 13.7. The van der Waals surface area contributed by atoms with Gasteiger partial charge in [0.2, 0.25) is 0 Å². The molecule has 0 saturated heterocycles. The molecule has 90 valence electrons. The fraction of sp³-hybridized carbons (Fsp3) is 1.00. The van der Waals surface area contributed by atoms with Crippen molar-refractivity contribution in [1.29, 1.82) is 0 Å². The quantitative estimate of drug-likeness (QED) is 0.752. The third kappa shape index (κ3) is 3.76. The normalized spacial score (nSPS) is 31.6. The monoisotopic (exact) mass is 213 g/mol. The SMILES string of the molecule is CC1CCCCC1NCC(C)(O)C(C)C. The average Bonchev–Trinajstić information content (AvgIpc) is 2.16. The van der Waals surface area contributed by atoms with Gasteiger partial charge >= 0.3 is 0 Å². The zero-order chi connectivity index (χ0) is 11.5. The van der Waals surface area contributed by atoms with Gasteiger partial charge in [-0.1, -0.05) is 33.6 Å². The molecule has 0 spiro atoms. The van der Waals surface area contributed by atoms with Crippen LogP contribution >= 0.6 is 0 Å². The van der Waals surface area contributed by atoms with Crippen LogP contribution in [-0.2, 0) is 0 Å². The molecule has 2 N–H and O–H groups in total. The number of hydrogen-bond acceptors (Lipinski definition) is 2. The van der Waals surface area contributed by atoms with Gasteiger partial charge < -0.3 is 10.4 Å². The maximum Gasteiger partial charge on any atom is 0.0766 e. The standard InChI is InChI=1S/C13H27NO/c1-10(2)13(4,15)9-14-12-8-6-5-7-11(12)3/h10-12,14-15H,5-9H2,1-4H3. The minimum absolute atomic E-state index is 0.309. The van der Waals surface area contributed by atoms with E-state index in [4.69, 9.17) is 0 Å². The highest BCUT2D eigenvalue weighted by molar-refractivity contribution is 4.84. The molecular formula is C13H27NO. The molecule has 2 nitrogen and oxygen atoms in total. The molecule has 0 bridgehead atoms. The first kappa shape index (κ1) is 13.0. The van der Waals surface area contributed by atoms with Crippen LogP contribution < -0.4 is 5.32 Å². The highest BCUT2D eigenvalue weighted by Gasteiger charge is 2.28. The molecule has 1 saturated carbocycles. The van der Waals surface area contributed by atoms with Gasteiger partial charge in [-0.15, -0.1) is 0 Å². The molecule has 0 aliphatic heterocycles. The van der Waals surface area contributed by atoms with Crippen molar-refractivity contribution in [2.75, 3.05) is 6.54 Å². The van der Waals surface area contributed by atoms with Gasteiger partial charge in [-0.3, -0.25) is 0 Å². The third-order valence-corrected chi connectivity index (χ3v) is 4.08. The second kappa shape index (κ2) is 5.31. The zero-order valence-corrected chi connectivity index (χ0v) is 10.7. The molecule has 1 aliphatic carbocycles. The van der Waals surface area contributed by atoms with Gasteiger partial charge in [-0.25, -0.2) is 0 Å². The summed E-state index contributed by atoms with van der Waals surface area (Å²) in [6, 6.07) is 0.615. The molecule has 0 aromatic heterocycles. The first-order valence-corrected chi connectivity index (χ1v) is 6.39. The van der Waals surface area contributed by atoms with Crippen molar-refractivity contribution in [3.63, 3.8) is 0 Å². The van der Waals surface area contributed by atoms with Crippen LogP contribution in [0.5, 0.6) is 0 Å². The molecule has 3 unspecified atom stereocenters. The van der Waals surface area contributed by atoms with Gasteiger partial charge in [0.15, 0.2) is 0 Å². The Morgan fingerprint density at radius 2 is 1.93 bits per heavy atom. The van der Waals surface area contributed by atoms with Gasteiger partial charge in [-0.2, -0.15) is 0 Å². The van der Waals surface area contributed by atoms with Crippen LogP contribution in [-0.4, -0.2) is 23.3 Å². The van der Waals surface area contributed by atoms with E-state index in [1.165, 1.54) is 25.7 Å². The second-order valence-corrected chi connectivity index (χ2v) is 5.76. The van der Waals surface area contributed by atoms with Crippen LogP contribution in [0.15, 0.2) is 0 Å². The van der Waals surface area contributed by atoms with Crippen molar-refractivity contribution < 1.29 is 5.11 Å². The van der Waals surface area contributed by atoms with Crippen LogP contribution in [0.1, 0.15) is 53.4 Å². The first-order chi connectivity index (χ1) is 6.93. The lowest BCUT2D eigenvalue weighted by Crippen LogP contribution is -2.48. The molecular weight excluding hydrogens is 186 g/mol. The summed E-state index contributed by atoms with van der Waals surface area (Å²) < 4.78 is 0. The summed E-state index contributed by atoms with van der Waals surface area (Å²) in [4.78, 5) is 0. The summed E-state index contributed by atoms with van der Waals surface area (Å²) in [5.74, 6) is 1.07. The maximum absolute atomic E-state index is 10.1. The molecule has 0 radical (unpaired) electrons. The second-order valence-electron chi connectivity index (χ2n) is 5.76. The molecule has 0 heterocycles. The van der Waals surface area contributed by atoms with Gasteiger partial charge in [-0.05, 0) is 31.6 Å². The lowest BCUT2D eigenvalue weighted by Gasteiger charge is -2.34. The molecule has 0 aromatic carbocycles. The van der Waals surface area contributed by atoms with E-state index in [2.05, 4.69) is 26.1 Å². The maximum atomic E-state index is 10.1. The van der Waals surface area contributed by atoms with Crippen molar-refractivity contribution in [2.24, 2.45) is 11.8 Å². The number of rotatable bonds is 4.